The van der Waals surface area contributed by atoms with Crippen molar-refractivity contribution in [1.82, 2.24) is 9.62 Å². The van der Waals surface area contributed by atoms with Crippen LogP contribution in [0.2, 0.25) is 5.02 Å². The van der Waals surface area contributed by atoms with Gasteiger partial charge < -0.3 is 0 Å². The average molecular weight is 450 g/mol. The summed E-state index contributed by atoms with van der Waals surface area (Å²) in [5.41, 5.74) is 0. The predicted octanol–water partition coefficient (Wildman–Crippen LogP) is 3.89. The summed E-state index contributed by atoms with van der Waals surface area (Å²) in [6.07, 6.45) is 0. The predicted molar refractivity (Wildman–Crippen MR) is 107 cm³/mol. The SMILES string of the molecule is CC(C)N(B([Te]c1ccc(Cl)cc1)N(C(C)C)C(C)C)C(C)C. The van der Waals surface area contributed by atoms with Gasteiger partial charge in [-0.15, -0.1) is 0 Å². The van der Waals surface area contributed by atoms with Crippen LogP contribution in [-0.4, -0.2) is 59.4 Å². The Morgan fingerprint density at radius 3 is 1.39 bits per heavy atom. The second-order valence-electron chi connectivity index (χ2n) is 7.17. The molecule has 130 valence electrons. The Morgan fingerprint density at radius 2 is 1.09 bits per heavy atom. The van der Waals surface area contributed by atoms with E-state index in [1.54, 1.807) is 0 Å². The zero-order chi connectivity index (χ0) is 17.7. The zero-order valence-electron chi connectivity index (χ0n) is 15.9. The Labute approximate surface area is 158 Å². The van der Waals surface area contributed by atoms with Gasteiger partial charge in [0.1, 0.15) is 0 Å². The summed E-state index contributed by atoms with van der Waals surface area (Å²) in [6, 6.07) is 10.7. The van der Waals surface area contributed by atoms with Crippen molar-refractivity contribution in [1.29, 1.82) is 0 Å². The van der Waals surface area contributed by atoms with Crippen LogP contribution in [0.25, 0.3) is 0 Å². The molecule has 0 bridgehead atoms. The van der Waals surface area contributed by atoms with E-state index in [1.807, 2.05) is 12.1 Å². The van der Waals surface area contributed by atoms with E-state index in [0.29, 0.717) is 29.1 Å². The molecule has 0 radical (unpaired) electrons. The third-order valence-corrected chi connectivity index (χ3v) is 7.75. The standard InChI is InChI=1S/C18H32BClN2Te/c1-13(2)21(14(3)4)19(22(15(5)6)16(7)8)23-18-11-9-17(20)10-12-18/h9-16H,1-8H3. The Kier molecular flexibility index (Phi) is 8.98. The van der Waals surface area contributed by atoms with Crippen LogP contribution in [0.3, 0.4) is 0 Å². The second kappa shape index (κ2) is 9.69. The monoisotopic (exact) mass is 452 g/mol. The van der Waals surface area contributed by atoms with Crippen LogP contribution >= 0.6 is 11.6 Å². The second-order valence-corrected chi connectivity index (χ2v) is 10.8. The van der Waals surface area contributed by atoms with Gasteiger partial charge in [-0.2, -0.15) is 0 Å². The van der Waals surface area contributed by atoms with E-state index in [1.165, 1.54) is 3.61 Å². The van der Waals surface area contributed by atoms with Crippen molar-refractivity contribution in [3.8, 4) is 0 Å². The fourth-order valence-electron chi connectivity index (χ4n) is 3.12. The van der Waals surface area contributed by atoms with Crippen molar-refractivity contribution >= 4 is 40.8 Å². The van der Waals surface area contributed by atoms with Gasteiger partial charge in [0.25, 0.3) is 0 Å². The zero-order valence-corrected chi connectivity index (χ0v) is 19.0. The first kappa shape index (κ1) is 21.3. The summed E-state index contributed by atoms with van der Waals surface area (Å²) in [4.78, 5) is 5.90. The summed E-state index contributed by atoms with van der Waals surface area (Å²) in [5, 5.41) is 0.826. The number of halogens is 1. The van der Waals surface area contributed by atoms with Crippen LogP contribution in [0.15, 0.2) is 24.3 Å². The third-order valence-electron chi connectivity index (χ3n) is 3.95. The molecular formula is C18H32BClN2Te. The van der Waals surface area contributed by atoms with Crippen LogP contribution in [0.4, 0.5) is 0 Å². The summed E-state index contributed by atoms with van der Waals surface area (Å²) in [5.74, 6) is 0. The van der Waals surface area contributed by atoms with E-state index in [2.05, 4.69) is 77.1 Å². The van der Waals surface area contributed by atoms with Gasteiger partial charge in [-0.05, 0) is 0 Å². The first-order valence-electron chi connectivity index (χ1n) is 8.62. The van der Waals surface area contributed by atoms with Crippen molar-refractivity contribution < 1.29 is 0 Å². The minimum atomic E-state index is -0.390. The normalized spacial score (nSPS) is 12.5. The molecule has 0 fully saturated rings. The molecule has 0 N–H and O–H groups in total. The van der Waals surface area contributed by atoms with Crippen LogP contribution in [0.1, 0.15) is 55.4 Å². The van der Waals surface area contributed by atoms with Crippen molar-refractivity contribution in [2.24, 2.45) is 0 Å². The van der Waals surface area contributed by atoms with Crippen LogP contribution < -0.4 is 3.61 Å². The number of hydrogen-bond acceptors (Lipinski definition) is 2. The molecule has 1 aromatic rings. The van der Waals surface area contributed by atoms with Gasteiger partial charge in [0.15, 0.2) is 0 Å². The van der Waals surface area contributed by atoms with E-state index < -0.39 is 20.7 Å². The van der Waals surface area contributed by atoms with Crippen molar-refractivity contribution in [2.45, 2.75) is 79.6 Å². The molecule has 2 nitrogen and oxygen atoms in total. The van der Waals surface area contributed by atoms with Gasteiger partial charge >= 0.3 is 159 Å². The topological polar surface area (TPSA) is 6.48 Å². The van der Waals surface area contributed by atoms with Gasteiger partial charge in [0.05, 0.1) is 0 Å². The molecule has 0 aromatic heterocycles. The summed E-state index contributed by atoms with van der Waals surface area (Å²) in [6.45, 7) is 18.6. The molecule has 0 atom stereocenters. The van der Waals surface area contributed by atoms with Gasteiger partial charge in [0, 0.05) is 0 Å². The average Bonchev–Trinajstić information content (AvgIpc) is 2.39. The Hall–Kier alpha value is 0.285. The first-order chi connectivity index (χ1) is 10.6. The molecule has 1 aromatic carbocycles. The molecular weight excluding hydrogens is 418 g/mol. The fourth-order valence-corrected chi connectivity index (χ4v) is 8.25. The van der Waals surface area contributed by atoms with Crippen LogP contribution in [0.5, 0.6) is 0 Å². The quantitative estimate of drug-likeness (QED) is 0.555. The van der Waals surface area contributed by atoms with E-state index in [9.17, 15) is 0 Å². The molecule has 0 aliphatic rings. The van der Waals surface area contributed by atoms with Gasteiger partial charge in [-0.1, -0.05) is 0 Å². The number of rotatable bonds is 8. The summed E-state index contributed by atoms with van der Waals surface area (Å²) in [7, 11) is 0. The Balaban J connectivity index is 3.20. The molecule has 5 heteroatoms. The van der Waals surface area contributed by atoms with Gasteiger partial charge in [-0.3, -0.25) is 0 Å². The Morgan fingerprint density at radius 1 is 0.739 bits per heavy atom. The molecule has 0 unspecified atom stereocenters. The van der Waals surface area contributed by atoms with Gasteiger partial charge in [0.2, 0.25) is 0 Å². The molecule has 23 heavy (non-hydrogen) atoms. The first-order valence-corrected chi connectivity index (χ1v) is 11.5. The maximum atomic E-state index is 6.07. The van der Waals surface area contributed by atoms with Crippen molar-refractivity contribution in [2.75, 3.05) is 0 Å². The van der Waals surface area contributed by atoms with E-state index in [4.69, 9.17) is 11.6 Å². The maximum absolute atomic E-state index is 6.07. The molecule has 0 spiro atoms. The van der Waals surface area contributed by atoms with Crippen molar-refractivity contribution in [3.63, 3.8) is 0 Å². The van der Waals surface area contributed by atoms with Crippen molar-refractivity contribution in [3.05, 3.63) is 29.3 Å². The molecule has 0 amide bonds. The third kappa shape index (κ3) is 6.26. The van der Waals surface area contributed by atoms with Gasteiger partial charge in [-0.25, -0.2) is 0 Å². The van der Waals surface area contributed by atoms with E-state index in [0.717, 1.165) is 5.02 Å². The molecule has 0 saturated heterocycles. The number of hydrogen-bond donors (Lipinski definition) is 0. The summed E-state index contributed by atoms with van der Waals surface area (Å²) >= 11 is 5.68. The number of benzene rings is 1. The number of nitrogens with zero attached hydrogens (tertiary/aromatic N) is 2. The van der Waals surface area contributed by atoms with Crippen LogP contribution in [0, 0.1) is 0 Å². The molecule has 1 rings (SSSR count). The molecule has 0 saturated carbocycles. The molecule has 0 aliphatic carbocycles. The molecule has 0 aliphatic heterocycles. The fraction of sp³-hybridized carbons (Fsp3) is 0.667. The Bertz CT molecular complexity index is 427. The minimum absolute atomic E-state index is 0.390. The summed E-state index contributed by atoms with van der Waals surface area (Å²) < 4.78 is 1.47. The molecule has 0 heterocycles. The van der Waals surface area contributed by atoms with E-state index >= 15 is 0 Å². The van der Waals surface area contributed by atoms with Crippen LogP contribution in [-0.2, 0) is 0 Å². The van der Waals surface area contributed by atoms with E-state index in [-0.39, 0.29) is 0 Å².